The van der Waals surface area contributed by atoms with E-state index in [0.717, 1.165) is 30.2 Å². The third-order valence-corrected chi connectivity index (χ3v) is 4.45. The van der Waals surface area contributed by atoms with E-state index in [1.807, 2.05) is 0 Å². The van der Waals surface area contributed by atoms with Crippen LogP contribution in [0.2, 0.25) is 0 Å². The molecule has 2 aromatic heterocycles. The van der Waals surface area contributed by atoms with Gasteiger partial charge in [-0.25, -0.2) is 9.97 Å². The van der Waals surface area contributed by atoms with Crippen molar-refractivity contribution < 1.29 is 0 Å². The van der Waals surface area contributed by atoms with E-state index < -0.39 is 0 Å². The molecule has 5 heteroatoms. The Morgan fingerprint density at radius 1 is 1.39 bits per heavy atom. The molecule has 3 rings (SSSR count). The molecule has 1 aliphatic carbocycles. The van der Waals surface area contributed by atoms with Crippen molar-refractivity contribution in [2.24, 2.45) is 5.73 Å². The van der Waals surface area contributed by atoms with Gasteiger partial charge in [-0.2, -0.15) is 0 Å². The largest absolute Gasteiger partial charge is 0.353 e. The minimum atomic E-state index is 0.648. The number of fused-ring (bicyclic) bond motifs is 1. The van der Waals surface area contributed by atoms with Gasteiger partial charge in [0.1, 0.15) is 17.0 Å². The molecule has 1 fully saturated rings. The molecule has 0 saturated heterocycles. The van der Waals surface area contributed by atoms with Crippen LogP contribution in [0, 0.1) is 0 Å². The van der Waals surface area contributed by atoms with Crippen molar-refractivity contribution in [3.8, 4) is 0 Å². The first-order valence-corrected chi connectivity index (χ1v) is 7.43. The Bertz CT molecular complexity index is 520. The molecule has 2 N–H and O–H groups in total. The maximum Gasteiger partial charge on any atom is 0.141 e. The van der Waals surface area contributed by atoms with Crippen LogP contribution < -0.4 is 10.6 Å². The normalized spacial score (nSPS) is 15.8. The highest BCUT2D eigenvalue weighted by Crippen LogP contribution is 2.33. The van der Waals surface area contributed by atoms with Gasteiger partial charge in [-0.3, -0.25) is 0 Å². The summed E-state index contributed by atoms with van der Waals surface area (Å²) in [5, 5.41) is 3.27. The second-order valence-corrected chi connectivity index (χ2v) is 5.65. The lowest BCUT2D eigenvalue weighted by atomic mass is 9.91. The number of thiophene rings is 1. The van der Waals surface area contributed by atoms with Crippen LogP contribution in [0.25, 0.3) is 10.2 Å². The van der Waals surface area contributed by atoms with E-state index in [1.165, 1.54) is 24.6 Å². The average Bonchev–Trinajstić information content (AvgIpc) is 2.80. The van der Waals surface area contributed by atoms with Gasteiger partial charge < -0.3 is 10.6 Å². The van der Waals surface area contributed by atoms with Crippen LogP contribution in [-0.4, -0.2) is 29.1 Å². The first-order valence-electron chi connectivity index (χ1n) is 6.55. The summed E-state index contributed by atoms with van der Waals surface area (Å²) in [5.74, 6) is 1.10. The van der Waals surface area contributed by atoms with Crippen molar-refractivity contribution in [2.45, 2.75) is 31.7 Å². The van der Waals surface area contributed by atoms with Crippen LogP contribution in [0.3, 0.4) is 0 Å². The van der Waals surface area contributed by atoms with Crippen LogP contribution in [0.15, 0.2) is 17.8 Å². The summed E-state index contributed by atoms with van der Waals surface area (Å²) in [6.45, 7) is 1.74. The topological polar surface area (TPSA) is 55.0 Å². The zero-order valence-corrected chi connectivity index (χ0v) is 11.2. The number of nitrogens with two attached hydrogens (primary N) is 1. The SMILES string of the molecule is NCCCN(c1ncnc2sccc12)C1CCC1. The lowest BCUT2D eigenvalue weighted by Gasteiger charge is -2.38. The molecule has 1 aliphatic rings. The van der Waals surface area contributed by atoms with Gasteiger partial charge in [0.2, 0.25) is 0 Å². The van der Waals surface area contributed by atoms with Gasteiger partial charge in [-0.05, 0) is 43.7 Å². The highest BCUT2D eigenvalue weighted by Gasteiger charge is 2.26. The molecular weight excluding hydrogens is 244 g/mol. The third kappa shape index (κ3) is 2.08. The molecular formula is C13H18N4S. The third-order valence-electron chi connectivity index (χ3n) is 3.63. The van der Waals surface area contributed by atoms with E-state index >= 15 is 0 Å². The molecule has 2 aromatic rings. The van der Waals surface area contributed by atoms with Crippen LogP contribution in [-0.2, 0) is 0 Å². The molecule has 1 saturated carbocycles. The van der Waals surface area contributed by atoms with Crippen LogP contribution in [0.1, 0.15) is 25.7 Å². The molecule has 0 aromatic carbocycles. The van der Waals surface area contributed by atoms with Crippen molar-refractivity contribution in [3.05, 3.63) is 17.8 Å². The highest BCUT2D eigenvalue weighted by molar-refractivity contribution is 7.16. The maximum absolute atomic E-state index is 5.65. The van der Waals surface area contributed by atoms with Crippen molar-refractivity contribution in [3.63, 3.8) is 0 Å². The fraction of sp³-hybridized carbons (Fsp3) is 0.538. The van der Waals surface area contributed by atoms with Crippen LogP contribution in [0.5, 0.6) is 0 Å². The van der Waals surface area contributed by atoms with Gasteiger partial charge in [0.25, 0.3) is 0 Å². The van der Waals surface area contributed by atoms with Crippen molar-refractivity contribution >= 4 is 27.4 Å². The molecule has 0 aliphatic heterocycles. The lowest BCUT2D eigenvalue weighted by molar-refractivity contribution is 0.383. The maximum atomic E-state index is 5.65. The van der Waals surface area contributed by atoms with E-state index in [0.29, 0.717) is 6.04 Å². The standard InChI is InChI=1S/C13H18N4S/c14-6-2-7-17(10-3-1-4-10)12-11-5-8-18-13(11)16-9-15-12/h5,8-10H,1-4,6-7,14H2. The van der Waals surface area contributed by atoms with Gasteiger partial charge in [-0.1, -0.05) is 0 Å². The zero-order valence-electron chi connectivity index (χ0n) is 10.4. The smallest absolute Gasteiger partial charge is 0.141 e. The van der Waals surface area contributed by atoms with Gasteiger partial charge in [-0.15, -0.1) is 11.3 Å². The molecule has 0 atom stereocenters. The lowest BCUT2D eigenvalue weighted by Crippen LogP contribution is -2.42. The summed E-state index contributed by atoms with van der Waals surface area (Å²) in [5.41, 5.74) is 5.65. The molecule has 96 valence electrons. The summed E-state index contributed by atoms with van der Waals surface area (Å²) < 4.78 is 0. The zero-order chi connectivity index (χ0) is 12.4. The first-order chi connectivity index (χ1) is 8.90. The number of aromatic nitrogens is 2. The van der Waals surface area contributed by atoms with E-state index in [1.54, 1.807) is 17.7 Å². The van der Waals surface area contributed by atoms with Gasteiger partial charge >= 0.3 is 0 Å². The molecule has 0 amide bonds. The van der Waals surface area contributed by atoms with E-state index in [9.17, 15) is 0 Å². The molecule has 0 spiro atoms. The minimum Gasteiger partial charge on any atom is -0.353 e. The summed E-state index contributed by atoms with van der Waals surface area (Å²) in [7, 11) is 0. The number of hydrogen-bond acceptors (Lipinski definition) is 5. The van der Waals surface area contributed by atoms with Crippen LogP contribution >= 0.6 is 11.3 Å². The first kappa shape index (κ1) is 11.9. The molecule has 0 radical (unpaired) electrons. The van der Waals surface area contributed by atoms with Gasteiger partial charge in [0, 0.05) is 12.6 Å². The Labute approximate surface area is 111 Å². The van der Waals surface area contributed by atoms with Gasteiger partial charge in [0.05, 0.1) is 5.39 Å². The summed E-state index contributed by atoms with van der Waals surface area (Å²) >= 11 is 1.68. The second-order valence-electron chi connectivity index (χ2n) is 4.76. The fourth-order valence-corrected chi connectivity index (χ4v) is 3.15. The number of nitrogens with zero attached hydrogens (tertiary/aromatic N) is 3. The monoisotopic (exact) mass is 262 g/mol. The second kappa shape index (κ2) is 5.20. The molecule has 4 nitrogen and oxygen atoms in total. The molecule has 18 heavy (non-hydrogen) atoms. The Kier molecular flexibility index (Phi) is 3.43. The molecule has 2 heterocycles. The summed E-state index contributed by atoms with van der Waals surface area (Å²) in [6, 6.07) is 2.78. The van der Waals surface area contributed by atoms with E-state index in [4.69, 9.17) is 5.73 Å². The summed E-state index contributed by atoms with van der Waals surface area (Å²) in [6.07, 6.45) is 6.59. The molecule has 0 bridgehead atoms. The number of anilines is 1. The minimum absolute atomic E-state index is 0.648. The predicted molar refractivity (Wildman–Crippen MR) is 76.1 cm³/mol. The quantitative estimate of drug-likeness (QED) is 0.899. The van der Waals surface area contributed by atoms with Crippen molar-refractivity contribution in [2.75, 3.05) is 18.0 Å². The van der Waals surface area contributed by atoms with Crippen molar-refractivity contribution in [1.29, 1.82) is 0 Å². The highest BCUT2D eigenvalue weighted by atomic mass is 32.1. The van der Waals surface area contributed by atoms with Crippen molar-refractivity contribution in [1.82, 2.24) is 9.97 Å². The van der Waals surface area contributed by atoms with Crippen LogP contribution in [0.4, 0.5) is 5.82 Å². The number of hydrogen-bond donors (Lipinski definition) is 1. The Balaban J connectivity index is 1.94. The van der Waals surface area contributed by atoms with E-state index in [-0.39, 0.29) is 0 Å². The van der Waals surface area contributed by atoms with Gasteiger partial charge in [0.15, 0.2) is 0 Å². The fourth-order valence-electron chi connectivity index (χ4n) is 2.43. The predicted octanol–water partition coefficient (Wildman–Crippen LogP) is 2.40. The Morgan fingerprint density at radius 3 is 3.00 bits per heavy atom. The average molecular weight is 262 g/mol. The Hall–Kier alpha value is -1.20. The number of rotatable bonds is 5. The Morgan fingerprint density at radius 2 is 2.28 bits per heavy atom. The summed E-state index contributed by atoms with van der Waals surface area (Å²) in [4.78, 5) is 12.4. The molecule has 0 unspecified atom stereocenters. The van der Waals surface area contributed by atoms with E-state index in [2.05, 4.69) is 26.3 Å².